The summed E-state index contributed by atoms with van der Waals surface area (Å²) in [6.07, 6.45) is 5.12. The first-order valence-electron chi connectivity index (χ1n) is 5.61. The predicted molar refractivity (Wildman–Crippen MR) is 63.5 cm³/mol. The third-order valence-corrected chi connectivity index (χ3v) is 3.65. The smallest absolute Gasteiger partial charge is 0.205 e. The second-order valence-corrected chi connectivity index (χ2v) is 4.50. The maximum atomic E-state index is 6.03. The number of aromatic nitrogens is 2. The minimum absolute atomic E-state index is 0.444. The summed E-state index contributed by atoms with van der Waals surface area (Å²) in [6, 6.07) is 0.444. The number of anilines is 1. The van der Waals surface area contributed by atoms with Crippen molar-refractivity contribution in [1.82, 2.24) is 9.55 Å². The van der Waals surface area contributed by atoms with Crippen LogP contribution in [-0.4, -0.2) is 28.0 Å². The second kappa shape index (κ2) is 4.44. The Balaban J connectivity index is 2.23. The molecule has 2 atom stereocenters. The van der Waals surface area contributed by atoms with Gasteiger partial charge in [-0.25, -0.2) is 4.98 Å². The molecule has 1 aliphatic rings. The summed E-state index contributed by atoms with van der Waals surface area (Å²) in [6.45, 7) is 6.46. The summed E-state index contributed by atoms with van der Waals surface area (Å²) in [5.74, 6) is 2.44. The molecular formula is C11H18ClN3. The fourth-order valence-corrected chi connectivity index (χ4v) is 2.77. The second-order valence-electron chi connectivity index (χ2n) is 4.19. The van der Waals surface area contributed by atoms with Crippen LogP contribution < -0.4 is 4.90 Å². The molecule has 2 unspecified atom stereocenters. The van der Waals surface area contributed by atoms with E-state index >= 15 is 0 Å². The quantitative estimate of drug-likeness (QED) is 0.740. The monoisotopic (exact) mass is 227 g/mol. The van der Waals surface area contributed by atoms with Crippen LogP contribution in [0.4, 0.5) is 5.95 Å². The molecule has 3 nitrogen and oxygen atoms in total. The van der Waals surface area contributed by atoms with Crippen LogP contribution in [-0.2, 0) is 6.54 Å². The van der Waals surface area contributed by atoms with Crippen molar-refractivity contribution in [2.24, 2.45) is 5.92 Å². The van der Waals surface area contributed by atoms with Gasteiger partial charge < -0.3 is 9.47 Å². The van der Waals surface area contributed by atoms with Crippen molar-refractivity contribution in [2.75, 3.05) is 17.3 Å². The lowest BCUT2D eigenvalue weighted by molar-refractivity contribution is 0.542. The van der Waals surface area contributed by atoms with Gasteiger partial charge in [0.05, 0.1) is 0 Å². The highest BCUT2D eigenvalue weighted by atomic mass is 35.5. The third-order valence-electron chi connectivity index (χ3n) is 3.33. The van der Waals surface area contributed by atoms with E-state index in [-0.39, 0.29) is 0 Å². The fourth-order valence-electron chi connectivity index (χ4n) is 2.30. The van der Waals surface area contributed by atoms with Crippen LogP contribution in [0, 0.1) is 5.92 Å². The molecule has 1 aromatic rings. The number of hydrogen-bond acceptors (Lipinski definition) is 2. The van der Waals surface area contributed by atoms with Gasteiger partial charge in [0.2, 0.25) is 5.95 Å². The fraction of sp³-hybridized carbons (Fsp3) is 0.727. The van der Waals surface area contributed by atoms with E-state index in [0.717, 1.165) is 19.0 Å². The highest BCUT2D eigenvalue weighted by Gasteiger charge is 2.32. The zero-order valence-corrected chi connectivity index (χ0v) is 10.1. The molecule has 2 rings (SSSR count). The Morgan fingerprint density at radius 3 is 3.07 bits per heavy atom. The number of hydrogen-bond donors (Lipinski definition) is 0. The van der Waals surface area contributed by atoms with Crippen molar-refractivity contribution in [3.05, 3.63) is 12.4 Å². The summed E-state index contributed by atoms with van der Waals surface area (Å²) >= 11 is 6.03. The van der Waals surface area contributed by atoms with Crippen molar-refractivity contribution in [3.63, 3.8) is 0 Å². The van der Waals surface area contributed by atoms with Crippen LogP contribution in [0.2, 0.25) is 0 Å². The van der Waals surface area contributed by atoms with Gasteiger partial charge in [-0.3, -0.25) is 0 Å². The predicted octanol–water partition coefficient (Wildman–Crippen LogP) is 2.36. The molecule has 0 N–H and O–H groups in total. The molecule has 0 aromatic carbocycles. The Kier molecular flexibility index (Phi) is 3.19. The number of rotatable bonds is 3. The molecule has 1 aromatic heterocycles. The Labute approximate surface area is 96.0 Å². The van der Waals surface area contributed by atoms with Crippen molar-refractivity contribution in [1.29, 1.82) is 0 Å². The zero-order chi connectivity index (χ0) is 10.8. The zero-order valence-electron chi connectivity index (χ0n) is 9.36. The first kappa shape index (κ1) is 10.8. The first-order valence-corrected chi connectivity index (χ1v) is 6.15. The normalized spacial score (nSPS) is 26.2. The number of aryl methyl sites for hydroxylation is 1. The van der Waals surface area contributed by atoms with E-state index in [1.54, 1.807) is 0 Å². The molecule has 0 amide bonds. The van der Waals surface area contributed by atoms with E-state index in [9.17, 15) is 0 Å². The van der Waals surface area contributed by atoms with Gasteiger partial charge >= 0.3 is 0 Å². The maximum absolute atomic E-state index is 6.03. The molecular weight excluding hydrogens is 210 g/mol. The van der Waals surface area contributed by atoms with E-state index in [0.29, 0.717) is 17.8 Å². The summed E-state index contributed by atoms with van der Waals surface area (Å²) in [7, 11) is 0. The lowest BCUT2D eigenvalue weighted by atomic mass is 10.1. The van der Waals surface area contributed by atoms with E-state index < -0.39 is 0 Å². The van der Waals surface area contributed by atoms with Gasteiger partial charge in [-0.2, -0.15) is 0 Å². The minimum atomic E-state index is 0.444. The Bertz CT molecular complexity index is 323. The molecule has 15 heavy (non-hydrogen) atoms. The molecule has 1 fully saturated rings. The van der Waals surface area contributed by atoms with E-state index in [1.807, 2.05) is 12.4 Å². The summed E-state index contributed by atoms with van der Waals surface area (Å²) in [5.41, 5.74) is 0. The van der Waals surface area contributed by atoms with Gasteiger partial charge in [0.1, 0.15) is 0 Å². The molecule has 1 aliphatic heterocycles. The Hall–Kier alpha value is -0.700. The van der Waals surface area contributed by atoms with E-state index in [2.05, 4.69) is 28.3 Å². The SMILES string of the molecule is CCn1ccnc1N1CCC(C)C1CCl. The third kappa shape index (κ3) is 1.85. The lowest BCUT2D eigenvalue weighted by Gasteiger charge is -2.26. The average molecular weight is 228 g/mol. The van der Waals surface area contributed by atoms with Crippen LogP contribution in [0.1, 0.15) is 20.3 Å². The van der Waals surface area contributed by atoms with Gasteiger partial charge in [0.15, 0.2) is 0 Å². The average Bonchev–Trinajstić information content (AvgIpc) is 2.82. The molecule has 0 radical (unpaired) electrons. The maximum Gasteiger partial charge on any atom is 0.205 e. The molecule has 1 saturated heterocycles. The molecule has 0 saturated carbocycles. The number of imidazole rings is 1. The molecule has 4 heteroatoms. The van der Waals surface area contributed by atoms with Crippen LogP contribution in [0.15, 0.2) is 12.4 Å². The van der Waals surface area contributed by atoms with Gasteiger partial charge in [-0.1, -0.05) is 6.92 Å². The Morgan fingerprint density at radius 2 is 2.40 bits per heavy atom. The molecule has 0 bridgehead atoms. The van der Waals surface area contributed by atoms with Crippen molar-refractivity contribution in [3.8, 4) is 0 Å². The van der Waals surface area contributed by atoms with E-state index in [4.69, 9.17) is 11.6 Å². The number of alkyl halides is 1. The molecule has 2 heterocycles. The summed E-state index contributed by atoms with van der Waals surface area (Å²) < 4.78 is 2.18. The lowest BCUT2D eigenvalue weighted by Crippen LogP contribution is -2.35. The summed E-state index contributed by atoms with van der Waals surface area (Å²) in [4.78, 5) is 6.78. The Morgan fingerprint density at radius 1 is 1.60 bits per heavy atom. The highest BCUT2D eigenvalue weighted by molar-refractivity contribution is 6.18. The summed E-state index contributed by atoms with van der Waals surface area (Å²) in [5, 5.41) is 0. The van der Waals surface area contributed by atoms with Gasteiger partial charge in [0, 0.05) is 37.4 Å². The van der Waals surface area contributed by atoms with Crippen molar-refractivity contribution in [2.45, 2.75) is 32.9 Å². The van der Waals surface area contributed by atoms with Gasteiger partial charge in [-0.15, -0.1) is 11.6 Å². The molecule has 84 valence electrons. The van der Waals surface area contributed by atoms with E-state index in [1.165, 1.54) is 6.42 Å². The standard InChI is InChI=1S/C11H18ClN3/c1-3-14-7-5-13-11(14)15-6-4-9(2)10(15)8-12/h5,7,9-10H,3-4,6,8H2,1-2H3. The van der Waals surface area contributed by atoms with Crippen molar-refractivity contribution >= 4 is 17.5 Å². The van der Waals surface area contributed by atoms with Crippen LogP contribution in [0.25, 0.3) is 0 Å². The van der Waals surface area contributed by atoms with Crippen molar-refractivity contribution < 1.29 is 0 Å². The van der Waals surface area contributed by atoms with Crippen LogP contribution in [0.5, 0.6) is 0 Å². The van der Waals surface area contributed by atoms with Gasteiger partial charge in [-0.05, 0) is 19.3 Å². The van der Waals surface area contributed by atoms with Crippen LogP contribution in [0.3, 0.4) is 0 Å². The van der Waals surface area contributed by atoms with Crippen LogP contribution >= 0.6 is 11.6 Å². The number of nitrogens with zero attached hydrogens (tertiary/aromatic N) is 3. The van der Waals surface area contributed by atoms with Gasteiger partial charge in [0.25, 0.3) is 0 Å². The largest absolute Gasteiger partial charge is 0.338 e. The molecule has 0 spiro atoms. The minimum Gasteiger partial charge on any atom is -0.338 e. The topological polar surface area (TPSA) is 21.1 Å². The molecule has 0 aliphatic carbocycles. The number of halogens is 1. The first-order chi connectivity index (χ1) is 7.27. The highest BCUT2D eigenvalue weighted by Crippen LogP contribution is 2.29.